The third-order valence-electron chi connectivity index (χ3n) is 3.50. The molecule has 0 bridgehead atoms. The molecule has 1 aliphatic rings. The van der Waals surface area contributed by atoms with Crippen LogP contribution in [0.15, 0.2) is 29.6 Å². The Labute approximate surface area is 106 Å². The smallest absolute Gasteiger partial charge is 0.0346 e. The van der Waals surface area contributed by atoms with Gasteiger partial charge in [0, 0.05) is 23.8 Å². The van der Waals surface area contributed by atoms with E-state index in [2.05, 4.69) is 34.5 Å². The van der Waals surface area contributed by atoms with Crippen LogP contribution in [0.2, 0.25) is 0 Å². The highest BCUT2D eigenvalue weighted by atomic mass is 32.1. The normalized spacial score (nSPS) is 22.1. The summed E-state index contributed by atoms with van der Waals surface area (Å²) in [6.07, 6.45) is 2.42. The molecule has 3 rings (SSSR count). The zero-order chi connectivity index (χ0) is 11.7. The Kier molecular flexibility index (Phi) is 3.14. The second-order valence-corrected chi connectivity index (χ2v) is 5.81. The van der Waals surface area contributed by atoms with Gasteiger partial charge in [0.25, 0.3) is 0 Å². The van der Waals surface area contributed by atoms with Gasteiger partial charge in [0.1, 0.15) is 0 Å². The van der Waals surface area contributed by atoms with E-state index in [-0.39, 0.29) is 0 Å². The van der Waals surface area contributed by atoms with Gasteiger partial charge in [-0.05, 0) is 41.8 Å². The molecule has 1 fully saturated rings. The third kappa shape index (κ3) is 2.37. The van der Waals surface area contributed by atoms with Crippen LogP contribution < -0.4 is 5.73 Å². The average molecular weight is 246 g/mol. The molecule has 0 unspecified atom stereocenters. The lowest BCUT2D eigenvalue weighted by atomic mass is 10.1. The first-order valence-corrected chi connectivity index (χ1v) is 7.14. The number of likely N-dealkylation sites (tertiary alicyclic amines) is 1. The summed E-state index contributed by atoms with van der Waals surface area (Å²) in [5.41, 5.74) is 7.49. The number of thiophene rings is 1. The second kappa shape index (κ2) is 4.77. The molecular formula is C14H18N2S. The monoisotopic (exact) mass is 246 g/mol. The molecule has 1 atom stereocenters. The van der Waals surface area contributed by atoms with Crippen molar-refractivity contribution in [3.8, 4) is 0 Å². The summed E-state index contributed by atoms with van der Waals surface area (Å²) in [6.45, 7) is 3.29. The fourth-order valence-electron chi connectivity index (χ4n) is 2.63. The van der Waals surface area contributed by atoms with E-state index in [1.807, 2.05) is 11.3 Å². The van der Waals surface area contributed by atoms with E-state index >= 15 is 0 Å². The fourth-order valence-corrected chi connectivity index (χ4v) is 3.59. The van der Waals surface area contributed by atoms with Gasteiger partial charge in [-0.25, -0.2) is 0 Å². The van der Waals surface area contributed by atoms with E-state index in [4.69, 9.17) is 5.73 Å². The van der Waals surface area contributed by atoms with Crippen LogP contribution in [0.5, 0.6) is 0 Å². The predicted molar refractivity (Wildman–Crippen MR) is 74.3 cm³/mol. The topological polar surface area (TPSA) is 29.3 Å². The molecule has 90 valence electrons. The highest BCUT2D eigenvalue weighted by Crippen LogP contribution is 2.27. The van der Waals surface area contributed by atoms with Crippen LogP contribution in [0.1, 0.15) is 18.4 Å². The van der Waals surface area contributed by atoms with Crippen LogP contribution in [0, 0.1) is 0 Å². The lowest BCUT2D eigenvalue weighted by molar-refractivity contribution is 0.202. The molecular weight excluding hydrogens is 228 g/mol. The van der Waals surface area contributed by atoms with Crippen molar-refractivity contribution in [1.29, 1.82) is 0 Å². The molecule has 0 spiro atoms. The second-order valence-electron chi connectivity index (χ2n) is 4.89. The lowest BCUT2D eigenvalue weighted by Gasteiger charge is -2.30. The molecule has 1 aliphatic heterocycles. The number of hydrogen-bond acceptors (Lipinski definition) is 3. The maximum atomic E-state index is 6.03. The Bertz CT molecular complexity index is 506. The van der Waals surface area contributed by atoms with Crippen molar-refractivity contribution in [2.75, 3.05) is 13.1 Å². The maximum Gasteiger partial charge on any atom is 0.0346 e. The highest BCUT2D eigenvalue weighted by molar-refractivity contribution is 7.17. The molecule has 1 aromatic carbocycles. The van der Waals surface area contributed by atoms with Crippen LogP contribution in [0.25, 0.3) is 10.1 Å². The average Bonchev–Trinajstić information content (AvgIpc) is 2.73. The standard InChI is InChI=1S/C14H18N2S/c15-12-4-3-7-16(9-12)8-11-10-17-14-6-2-1-5-13(11)14/h1-2,5-6,10,12H,3-4,7-9,15H2/t12-/m1/s1. The predicted octanol–water partition coefficient (Wildman–Crippen LogP) is 2.82. The van der Waals surface area contributed by atoms with Crippen LogP contribution in [0.4, 0.5) is 0 Å². The van der Waals surface area contributed by atoms with Crippen LogP contribution in [0.3, 0.4) is 0 Å². The van der Waals surface area contributed by atoms with Crippen molar-refractivity contribution in [3.63, 3.8) is 0 Å². The van der Waals surface area contributed by atoms with E-state index in [0.717, 1.165) is 13.1 Å². The Morgan fingerprint density at radius 1 is 1.35 bits per heavy atom. The molecule has 1 saturated heterocycles. The molecule has 2 aromatic rings. The number of hydrogen-bond donors (Lipinski definition) is 1. The van der Waals surface area contributed by atoms with E-state index < -0.39 is 0 Å². The van der Waals surface area contributed by atoms with Gasteiger partial charge in [0.15, 0.2) is 0 Å². The van der Waals surface area contributed by atoms with Gasteiger partial charge < -0.3 is 5.73 Å². The van der Waals surface area contributed by atoms with Crippen LogP contribution in [-0.2, 0) is 6.54 Å². The number of rotatable bonds is 2. The van der Waals surface area contributed by atoms with E-state index in [0.29, 0.717) is 6.04 Å². The minimum atomic E-state index is 0.369. The summed E-state index contributed by atoms with van der Waals surface area (Å²) in [6, 6.07) is 9.03. The first-order valence-electron chi connectivity index (χ1n) is 6.26. The fraction of sp³-hybridized carbons (Fsp3) is 0.429. The Hall–Kier alpha value is -0.900. The SMILES string of the molecule is N[C@@H]1CCCN(Cc2csc3ccccc23)C1. The summed E-state index contributed by atoms with van der Waals surface area (Å²) < 4.78 is 1.39. The molecule has 2 N–H and O–H groups in total. The molecule has 0 amide bonds. The van der Waals surface area contributed by atoms with Crippen LogP contribution >= 0.6 is 11.3 Å². The number of fused-ring (bicyclic) bond motifs is 1. The third-order valence-corrected chi connectivity index (χ3v) is 4.51. The van der Waals surface area contributed by atoms with E-state index in [9.17, 15) is 0 Å². The first-order chi connectivity index (χ1) is 8.33. The largest absolute Gasteiger partial charge is 0.327 e. The number of benzene rings is 1. The maximum absolute atomic E-state index is 6.03. The number of piperidine rings is 1. The van der Waals surface area contributed by atoms with Gasteiger partial charge in [-0.2, -0.15) is 0 Å². The summed E-state index contributed by atoms with van der Waals surface area (Å²) in [7, 11) is 0. The summed E-state index contributed by atoms with van der Waals surface area (Å²) in [4.78, 5) is 2.49. The van der Waals surface area contributed by atoms with Crippen molar-refractivity contribution >= 4 is 21.4 Å². The highest BCUT2D eigenvalue weighted by Gasteiger charge is 2.17. The van der Waals surface area contributed by atoms with Gasteiger partial charge in [0.05, 0.1) is 0 Å². The van der Waals surface area contributed by atoms with Crippen molar-refractivity contribution in [3.05, 3.63) is 35.2 Å². The molecule has 2 nitrogen and oxygen atoms in total. The van der Waals surface area contributed by atoms with Gasteiger partial charge in [0.2, 0.25) is 0 Å². The lowest BCUT2D eigenvalue weighted by Crippen LogP contribution is -2.42. The molecule has 0 saturated carbocycles. The molecule has 3 heteroatoms. The number of nitrogens with two attached hydrogens (primary N) is 1. The first kappa shape index (κ1) is 11.2. The molecule has 0 aliphatic carbocycles. The Balaban J connectivity index is 1.80. The van der Waals surface area contributed by atoms with Gasteiger partial charge in [-0.1, -0.05) is 18.2 Å². The van der Waals surface area contributed by atoms with Gasteiger partial charge in [-0.3, -0.25) is 4.90 Å². The molecule has 2 heterocycles. The summed E-state index contributed by atoms with van der Waals surface area (Å²) in [5.74, 6) is 0. The Morgan fingerprint density at radius 3 is 3.12 bits per heavy atom. The summed E-state index contributed by atoms with van der Waals surface area (Å²) >= 11 is 1.85. The van der Waals surface area contributed by atoms with Crippen molar-refractivity contribution in [1.82, 2.24) is 4.90 Å². The van der Waals surface area contributed by atoms with Gasteiger partial charge in [-0.15, -0.1) is 11.3 Å². The molecule has 1 aromatic heterocycles. The quantitative estimate of drug-likeness (QED) is 0.883. The van der Waals surface area contributed by atoms with Gasteiger partial charge >= 0.3 is 0 Å². The van der Waals surface area contributed by atoms with Crippen molar-refractivity contribution in [2.45, 2.75) is 25.4 Å². The minimum Gasteiger partial charge on any atom is -0.327 e. The van der Waals surface area contributed by atoms with E-state index in [1.54, 1.807) is 0 Å². The zero-order valence-corrected chi connectivity index (χ0v) is 10.7. The minimum absolute atomic E-state index is 0.369. The zero-order valence-electron chi connectivity index (χ0n) is 9.93. The van der Waals surface area contributed by atoms with Crippen molar-refractivity contribution in [2.24, 2.45) is 5.73 Å². The van der Waals surface area contributed by atoms with Crippen molar-refractivity contribution < 1.29 is 0 Å². The summed E-state index contributed by atoms with van der Waals surface area (Å²) in [5, 5.41) is 3.71. The molecule has 0 radical (unpaired) electrons. The van der Waals surface area contributed by atoms with E-state index in [1.165, 1.54) is 35.0 Å². The van der Waals surface area contributed by atoms with Crippen LogP contribution in [-0.4, -0.2) is 24.0 Å². The Morgan fingerprint density at radius 2 is 2.24 bits per heavy atom. The number of nitrogens with zero attached hydrogens (tertiary/aromatic N) is 1. The molecule has 17 heavy (non-hydrogen) atoms.